The molecule has 2 aromatic rings. The Morgan fingerprint density at radius 1 is 1.21 bits per heavy atom. The number of aliphatic imine (C=N–C) groups is 1. The van der Waals surface area contributed by atoms with Crippen LogP contribution in [0.1, 0.15) is 29.8 Å². The van der Waals surface area contributed by atoms with E-state index in [1.807, 2.05) is 13.8 Å². The van der Waals surface area contributed by atoms with Gasteiger partial charge in [-0.2, -0.15) is 0 Å². The van der Waals surface area contributed by atoms with Crippen LogP contribution < -0.4 is 38.9 Å². The number of aromatic nitrogens is 1. The number of hydrogen-bond donors (Lipinski definition) is 7. The van der Waals surface area contributed by atoms with Crippen LogP contribution in [0.3, 0.4) is 0 Å². The molecule has 1 aromatic heterocycles. The summed E-state index contributed by atoms with van der Waals surface area (Å²) in [5.74, 6) is -0.462. The summed E-state index contributed by atoms with van der Waals surface area (Å²) in [5.41, 5.74) is 25.7. The number of nitrogens with two attached hydrogens (primary N) is 4. The summed E-state index contributed by atoms with van der Waals surface area (Å²) in [6.45, 7) is 7.77. The SMILES string of the molecule is CC1(N)COC1.CC1=CN=C(N)/C(=C(/N)c2ccc(C(=O)Nc3cc(F)ccn3)cc2)N1.N[C@H]1CNCCO1. The molecule has 12 nitrogen and oxygen atoms in total. The van der Waals surface area contributed by atoms with Gasteiger partial charge in [0.05, 0.1) is 31.1 Å². The molecule has 0 bridgehead atoms. The van der Waals surface area contributed by atoms with Crippen molar-refractivity contribution in [1.29, 1.82) is 0 Å². The van der Waals surface area contributed by atoms with Gasteiger partial charge in [0, 0.05) is 42.8 Å². The van der Waals surface area contributed by atoms with Crippen LogP contribution in [0.2, 0.25) is 0 Å². The van der Waals surface area contributed by atoms with Gasteiger partial charge in [0.15, 0.2) is 0 Å². The lowest BCUT2D eigenvalue weighted by atomic mass is 10.0. The highest BCUT2D eigenvalue weighted by atomic mass is 19.1. The normalized spacial score (nSPS) is 20.7. The summed E-state index contributed by atoms with van der Waals surface area (Å²) in [6.07, 6.45) is 2.81. The third kappa shape index (κ3) is 9.42. The molecule has 1 atom stereocenters. The summed E-state index contributed by atoms with van der Waals surface area (Å²) in [6, 6.07) is 8.94. The lowest BCUT2D eigenvalue weighted by Gasteiger charge is -2.33. The molecule has 0 aliphatic carbocycles. The molecule has 0 radical (unpaired) electrons. The number of carbonyl (C=O) groups excluding carboxylic acids is 1. The van der Waals surface area contributed by atoms with Crippen molar-refractivity contribution in [3.8, 4) is 0 Å². The van der Waals surface area contributed by atoms with Crippen LogP contribution in [-0.2, 0) is 9.47 Å². The van der Waals surface area contributed by atoms with E-state index in [1.54, 1.807) is 30.5 Å². The molecule has 1 amide bonds. The van der Waals surface area contributed by atoms with Gasteiger partial charge in [0.1, 0.15) is 29.4 Å². The topological polar surface area (TPSA) is 201 Å². The Kier molecular flexibility index (Phi) is 10.5. The van der Waals surface area contributed by atoms with Gasteiger partial charge in [-0.25, -0.2) is 14.4 Å². The number of nitrogens with one attached hydrogen (secondary N) is 3. The minimum absolute atomic E-state index is 0. The van der Waals surface area contributed by atoms with E-state index in [9.17, 15) is 9.18 Å². The standard InChI is InChI=1S/C18H17FN6O.C4H10N2O.C4H9NO/c1-10-9-23-17(21)16(24-10)15(20)11-2-4-12(5-3-11)18(26)25-14-8-13(19)6-7-22-14;5-4-3-6-1-2-7-4;1-4(5)2-6-3-4/h2-9,24H,20H2,1H3,(H2,21,23)(H,22,25,26);4,6H,1-3,5H2;2-3,5H2,1H3/b16-15-;;/t;4-;/m.1./s1. The maximum Gasteiger partial charge on any atom is 0.256 e. The number of hydrogen-bond acceptors (Lipinski definition) is 11. The van der Waals surface area contributed by atoms with E-state index < -0.39 is 11.7 Å². The number of halogens is 1. The number of carbonyl (C=O) groups is 1. The molecule has 2 fully saturated rings. The van der Waals surface area contributed by atoms with Crippen LogP contribution in [0.5, 0.6) is 0 Å². The lowest BCUT2D eigenvalue weighted by molar-refractivity contribution is -0.0433. The first-order valence-electron chi connectivity index (χ1n) is 12.3. The average molecular weight is 542 g/mol. The number of benzene rings is 1. The molecule has 0 spiro atoms. The predicted molar refractivity (Wildman–Crippen MR) is 148 cm³/mol. The number of ether oxygens (including phenoxy) is 2. The van der Waals surface area contributed by atoms with E-state index in [2.05, 4.69) is 25.9 Å². The molecule has 39 heavy (non-hydrogen) atoms. The number of amides is 1. The third-order valence-corrected chi connectivity index (χ3v) is 5.49. The zero-order valence-corrected chi connectivity index (χ0v) is 22.0. The molecule has 3 aliphatic heterocycles. The van der Waals surface area contributed by atoms with Crippen LogP contribution in [0.4, 0.5) is 10.2 Å². The monoisotopic (exact) mass is 541 g/mol. The highest BCUT2D eigenvalue weighted by Crippen LogP contribution is 2.17. The van der Waals surface area contributed by atoms with Crippen LogP contribution >= 0.6 is 0 Å². The highest BCUT2D eigenvalue weighted by molar-refractivity contribution is 6.05. The Bertz CT molecular complexity index is 1220. The van der Waals surface area contributed by atoms with E-state index in [-0.39, 0.29) is 23.4 Å². The smallest absolute Gasteiger partial charge is 0.256 e. The average Bonchev–Trinajstić information content (AvgIpc) is 2.90. The minimum atomic E-state index is -0.478. The van der Waals surface area contributed by atoms with Crippen molar-refractivity contribution < 1.29 is 18.7 Å². The summed E-state index contributed by atoms with van der Waals surface area (Å²) in [5, 5.41) is 8.69. The van der Waals surface area contributed by atoms with Gasteiger partial charge in [0.25, 0.3) is 5.91 Å². The fourth-order valence-electron chi connectivity index (χ4n) is 3.35. The van der Waals surface area contributed by atoms with Gasteiger partial charge in [-0.15, -0.1) is 0 Å². The zero-order chi connectivity index (χ0) is 28.4. The van der Waals surface area contributed by atoms with Crippen molar-refractivity contribution in [1.82, 2.24) is 15.6 Å². The Labute approximate surface area is 226 Å². The number of amidine groups is 1. The predicted octanol–water partition coefficient (Wildman–Crippen LogP) is 0.547. The number of anilines is 1. The van der Waals surface area contributed by atoms with Crippen molar-refractivity contribution in [3.63, 3.8) is 0 Å². The molecule has 5 rings (SSSR count). The first-order chi connectivity index (χ1) is 18.5. The van der Waals surface area contributed by atoms with Crippen LogP contribution in [0.25, 0.3) is 5.70 Å². The largest absolute Gasteiger partial charge is 0.396 e. The van der Waals surface area contributed by atoms with Crippen molar-refractivity contribution in [2.45, 2.75) is 25.6 Å². The summed E-state index contributed by atoms with van der Waals surface area (Å²) < 4.78 is 23.0. The number of morpholine rings is 1. The third-order valence-electron chi connectivity index (χ3n) is 5.49. The Balaban J connectivity index is 0.000000262. The molecular weight excluding hydrogens is 505 g/mol. The first kappa shape index (κ1) is 29.7. The van der Waals surface area contributed by atoms with Crippen LogP contribution in [-0.4, -0.2) is 61.4 Å². The second-order valence-electron chi connectivity index (χ2n) is 9.39. The van der Waals surface area contributed by atoms with Crippen LogP contribution in [0, 0.1) is 5.82 Å². The Morgan fingerprint density at radius 2 is 1.87 bits per heavy atom. The van der Waals surface area contributed by atoms with Gasteiger partial charge < -0.3 is 48.4 Å². The van der Waals surface area contributed by atoms with Crippen molar-refractivity contribution >= 4 is 23.3 Å². The van der Waals surface area contributed by atoms with Gasteiger partial charge >= 0.3 is 0 Å². The van der Waals surface area contributed by atoms with E-state index >= 15 is 0 Å². The van der Waals surface area contributed by atoms with Crippen LogP contribution in [0.15, 0.2) is 65.2 Å². The van der Waals surface area contributed by atoms with Crippen molar-refractivity contribution in [3.05, 3.63) is 77.1 Å². The lowest BCUT2D eigenvalue weighted by Crippen LogP contribution is -2.54. The number of nitrogens with zero attached hydrogens (tertiary/aromatic N) is 2. The summed E-state index contributed by atoms with van der Waals surface area (Å²) in [7, 11) is 0. The molecule has 1 aromatic carbocycles. The molecule has 210 valence electrons. The molecular formula is C26H36FN9O3. The van der Waals surface area contributed by atoms with Gasteiger partial charge in [0.2, 0.25) is 0 Å². The van der Waals surface area contributed by atoms with Crippen molar-refractivity contribution in [2.75, 3.05) is 38.2 Å². The summed E-state index contributed by atoms with van der Waals surface area (Å²) >= 11 is 0. The first-order valence-corrected chi connectivity index (χ1v) is 12.3. The Hall–Kier alpha value is -3.88. The molecule has 3 aliphatic rings. The molecule has 0 unspecified atom stereocenters. The summed E-state index contributed by atoms with van der Waals surface area (Å²) in [4.78, 5) is 20.2. The maximum atomic E-state index is 13.2. The zero-order valence-electron chi connectivity index (χ0n) is 22.0. The van der Waals surface area contributed by atoms with Crippen molar-refractivity contribution in [2.24, 2.45) is 27.9 Å². The fraction of sp³-hybridized carbons (Fsp3) is 0.346. The van der Waals surface area contributed by atoms with E-state index in [0.29, 0.717) is 22.5 Å². The van der Waals surface area contributed by atoms with Gasteiger partial charge in [-0.1, -0.05) is 12.1 Å². The van der Waals surface area contributed by atoms with Gasteiger partial charge in [-0.3, -0.25) is 4.79 Å². The highest BCUT2D eigenvalue weighted by Gasteiger charge is 2.27. The molecule has 11 N–H and O–H groups in total. The van der Waals surface area contributed by atoms with E-state index in [0.717, 1.165) is 44.7 Å². The van der Waals surface area contributed by atoms with E-state index in [4.69, 9.17) is 32.4 Å². The second-order valence-corrected chi connectivity index (χ2v) is 9.39. The van der Waals surface area contributed by atoms with E-state index in [1.165, 1.54) is 12.3 Å². The number of pyridine rings is 1. The Morgan fingerprint density at radius 3 is 2.38 bits per heavy atom. The number of rotatable bonds is 3. The molecule has 4 heterocycles. The molecule has 13 heteroatoms. The van der Waals surface area contributed by atoms with Gasteiger partial charge in [-0.05, 0) is 37.6 Å². The number of allylic oxidation sites excluding steroid dienone is 1. The molecule has 0 saturated carbocycles. The maximum absolute atomic E-state index is 13.2. The second kappa shape index (κ2) is 13.8. The molecule has 2 saturated heterocycles. The minimum Gasteiger partial charge on any atom is -0.396 e. The quantitative estimate of drug-likeness (QED) is 0.288. The fourth-order valence-corrected chi connectivity index (χ4v) is 3.35.